The fraction of sp³-hybridized carbons (Fsp3) is 0.300. The second kappa shape index (κ2) is 11.2. The van der Waals surface area contributed by atoms with E-state index in [1.54, 1.807) is 12.1 Å². The summed E-state index contributed by atoms with van der Waals surface area (Å²) in [4.78, 5) is 10.3. The maximum Gasteiger partial charge on any atom is 0.271 e. The molecule has 2 rings (SSSR count). The van der Waals surface area contributed by atoms with Gasteiger partial charge in [0.15, 0.2) is 11.5 Å². The van der Waals surface area contributed by atoms with Gasteiger partial charge in [0, 0.05) is 31.8 Å². The molecule has 0 aliphatic carbocycles. The summed E-state index contributed by atoms with van der Waals surface area (Å²) in [6, 6.07) is 10.2. The Morgan fingerprint density at radius 2 is 2.00 bits per heavy atom. The Hall–Kier alpha value is -2.77. The largest absolute Gasteiger partial charge is 0.490 e. The fourth-order valence-electron chi connectivity index (χ4n) is 2.48. The number of nitro benzene ring substituents is 1. The molecule has 2 aromatic carbocycles. The van der Waals surface area contributed by atoms with Crippen molar-refractivity contribution < 1.29 is 14.4 Å². The van der Waals surface area contributed by atoms with Crippen LogP contribution in [-0.2, 0) is 6.54 Å². The van der Waals surface area contributed by atoms with Gasteiger partial charge in [-0.1, -0.05) is 30.3 Å². The number of hydrogen-bond acceptors (Lipinski definition) is 6. The van der Waals surface area contributed by atoms with Crippen molar-refractivity contribution in [3.05, 3.63) is 69.8 Å². The quantitative estimate of drug-likeness (QED) is 0.235. The van der Waals surface area contributed by atoms with Crippen LogP contribution in [0.4, 0.5) is 11.4 Å². The number of nitro groups is 1. The molecule has 0 heterocycles. The van der Waals surface area contributed by atoms with Gasteiger partial charge in [0.05, 0.1) is 22.2 Å². The van der Waals surface area contributed by atoms with E-state index in [0.717, 1.165) is 5.56 Å². The van der Waals surface area contributed by atoms with Gasteiger partial charge in [0.2, 0.25) is 0 Å². The van der Waals surface area contributed by atoms with Crippen molar-refractivity contribution in [1.82, 2.24) is 5.32 Å². The first-order chi connectivity index (χ1) is 13.5. The Morgan fingerprint density at radius 1 is 1.18 bits per heavy atom. The molecule has 28 heavy (non-hydrogen) atoms. The molecular weight excluding hydrogens is 382 g/mol. The van der Waals surface area contributed by atoms with E-state index in [-0.39, 0.29) is 5.69 Å². The minimum Gasteiger partial charge on any atom is -0.490 e. The topological polar surface area (TPSA) is 85.7 Å². The molecule has 0 aromatic heterocycles. The van der Waals surface area contributed by atoms with E-state index in [1.165, 1.54) is 12.1 Å². The highest BCUT2D eigenvalue weighted by Gasteiger charge is 2.09. The van der Waals surface area contributed by atoms with Crippen LogP contribution in [0.3, 0.4) is 0 Å². The number of rotatable bonds is 12. The number of ether oxygens (including phenoxy) is 2. The third kappa shape index (κ3) is 6.44. The number of hydrogen-bond donors (Lipinski definition) is 2. The number of anilines is 1. The molecule has 2 N–H and O–H groups in total. The Bertz CT molecular complexity index is 814. The van der Waals surface area contributed by atoms with E-state index in [9.17, 15) is 10.1 Å². The molecule has 0 aliphatic rings. The highest BCUT2D eigenvalue weighted by molar-refractivity contribution is 6.33. The number of non-ortho nitro benzene ring substituents is 1. The lowest BCUT2D eigenvalue weighted by molar-refractivity contribution is -0.384. The van der Waals surface area contributed by atoms with Crippen LogP contribution in [0, 0.1) is 10.1 Å². The Morgan fingerprint density at radius 3 is 2.68 bits per heavy atom. The molecule has 0 atom stereocenters. The van der Waals surface area contributed by atoms with Crippen molar-refractivity contribution in [1.29, 1.82) is 0 Å². The first kappa shape index (κ1) is 21.5. The Balaban J connectivity index is 1.82. The van der Waals surface area contributed by atoms with Gasteiger partial charge < -0.3 is 20.1 Å². The number of nitrogens with zero attached hydrogens (tertiary/aromatic N) is 1. The first-order valence-corrected chi connectivity index (χ1v) is 9.31. The highest BCUT2D eigenvalue weighted by Crippen LogP contribution is 2.29. The fourth-order valence-corrected chi connectivity index (χ4v) is 2.72. The maximum atomic E-state index is 10.7. The number of benzene rings is 2. The van der Waals surface area contributed by atoms with Gasteiger partial charge in [-0.15, -0.1) is 0 Å². The molecule has 150 valence electrons. The van der Waals surface area contributed by atoms with E-state index in [0.29, 0.717) is 55.1 Å². The van der Waals surface area contributed by atoms with E-state index < -0.39 is 4.92 Å². The minimum atomic E-state index is -0.471. The number of halogens is 1. The lowest BCUT2D eigenvalue weighted by atomic mass is 10.2. The zero-order valence-corrected chi connectivity index (χ0v) is 16.5. The van der Waals surface area contributed by atoms with Crippen molar-refractivity contribution in [3.63, 3.8) is 0 Å². The molecule has 0 saturated heterocycles. The molecule has 7 nitrogen and oxygen atoms in total. The molecule has 0 radical (unpaired) electrons. The van der Waals surface area contributed by atoms with Gasteiger partial charge in [-0.05, 0) is 30.7 Å². The van der Waals surface area contributed by atoms with Crippen LogP contribution >= 0.6 is 11.6 Å². The van der Waals surface area contributed by atoms with Crippen molar-refractivity contribution in [3.8, 4) is 11.5 Å². The average Bonchev–Trinajstić information content (AvgIpc) is 2.68. The van der Waals surface area contributed by atoms with E-state index in [1.807, 2.05) is 25.1 Å². The molecule has 0 bridgehead atoms. The summed E-state index contributed by atoms with van der Waals surface area (Å²) < 4.78 is 11.2. The smallest absolute Gasteiger partial charge is 0.271 e. The molecule has 2 aromatic rings. The zero-order chi connectivity index (χ0) is 20.4. The van der Waals surface area contributed by atoms with Gasteiger partial charge in [-0.3, -0.25) is 10.1 Å². The lowest BCUT2D eigenvalue weighted by Gasteiger charge is -2.13. The predicted octanol–water partition coefficient (Wildman–Crippen LogP) is 4.41. The molecule has 0 amide bonds. The van der Waals surface area contributed by atoms with Gasteiger partial charge >= 0.3 is 0 Å². The van der Waals surface area contributed by atoms with Gasteiger partial charge in [-0.25, -0.2) is 0 Å². The summed E-state index contributed by atoms with van der Waals surface area (Å²) in [5.41, 5.74) is 1.71. The molecular formula is C20H24ClN3O4. The third-order valence-corrected chi connectivity index (χ3v) is 4.09. The summed E-state index contributed by atoms with van der Waals surface area (Å²) in [7, 11) is 0. The van der Waals surface area contributed by atoms with Crippen LogP contribution < -0.4 is 20.1 Å². The van der Waals surface area contributed by atoms with E-state index >= 15 is 0 Å². The average molecular weight is 406 g/mol. The van der Waals surface area contributed by atoms with Crippen molar-refractivity contribution >= 4 is 23.0 Å². The van der Waals surface area contributed by atoms with Crippen molar-refractivity contribution in [2.45, 2.75) is 13.5 Å². The summed E-state index contributed by atoms with van der Waals surface area (Å²) in [6.45, 7) is 8.53. The van der Waals surface area contributed by atoms with E-state index in [2.05, 4.69) is 17.2 Å². The summed E-state index contributed by atoms with van der Waals surface area (Å²) in [5.74, 6) is 1.40. The second-order valence-corrected chi connectivity index (χ2v) is 6.25. The molecule has 8 heteroatoms. The van der Waals surface area contributed by atoms with Crippen LogP contribution in [-0.4, -0.2) is 31.2 Å². The molecule has 0 saturated carbocycles. The van der Waals surface area contributed by atoms with Crippen molar-refractivity contribution in [2.24, 2.45) is 0 Å². The van der Waals surface area contributed by atoms with Gasteiger partial charge in [-0.2, -0.15) is 0 Å². The lowest BCUT2D eigenvalue weighted by Crippen LogP contribution is -2.22. The summed E-state index contributed by atoms with van der Waals surface area (Å²) in [5, 5.41) is 17.5. The zero-order valence-electron chi connectivity index (χ0n) is 15.7. The van der Waals surface area contributed by atoms with Crippen LogP contribution in [0.5, 0.6) is 11.5 Å². The van der Waals surface area contributed by atoms with Crippen LogP contribution in [0.25, 0.3) is 0 Å². The van der Waals surface area contributed by atoms with Crippen LogP contribution in [0.1, 0.15) is 12.5 Å². The highest BCUT2D eigenvalue weighted by atomic mass is 35.5. The summed E-state index contributed by atoms with van der Waals surface area (Å²) >= 11 is 6.06. The Labute approximate surface area is 169 Å². The molecule has 0 spiro atoms. The van der Waals surface area contributed by atoms with Crippen molar-refractivity contribution in [2.75, 3.05) is 31.6 Å². The molecule has 0 aliphatic heterocycles. The molecule has 0 unspecified atom stereocenters. The molecule has 0 fully saturated rings. The summed E-state index contributed by atoms with van der Waals surface area (Å²) in [6.07, 6.45) is 1.69. The number of nitrogens with one attached hydrogen (secondary N) is 2. The Kier molecular flexibility index (Phi) is 8.58. The predicted molar refractivity (Wildman–Crippen MR) is 112 cm³/mol. The monoisotopic (exact) mass is 405 g/mol. The van der Waals surface area contributed by atoms with Gasteiger partial charge in [0.1, 0.15) is 6.61 Å². The SMILES string of the molecule is C=CCOc1ccc(CNCCNc2ccc([N+](=O)[O-])cc2Cl)cc1OCC. The first-order valence-electron chi connectivity index (χ1n) is 8.93. The van der Waals surface area contributed by atoms with Crippen LogP contribution in [0.2, 0.25) is 5.02 Å². The normalized spacial score (nSPS) is 10.4. The standard InChI is InChI=1S/C20H24ClN3O4/c1-3-11-28-19-8-5-15(12-20(19)27-4-2)14-22-9-10-23-18-7-6-16(24(25)26)13-17(18)21/h3,5-8,12-13,22-23H,1,4,9-11,14H2,2H3. The maximum absolute atomic E-state index is 10.7. The minimum absolute atomic E-state index is 0.0284. The van der Waals surface area contributed by atoms with E-state index in [4.69, 9.17) is 21.1 Å². The van der Waals surface area contributed by atoms with Gasteiger partial charge in [0.25, 0.3) is 5.69 Å². The third-order valence-electron chi connectivity index (χ3n) is 3.77. The van der Waals surface area contributed by atoms with Crippen LogP contribution in [0.15, 0.2) is 49.1 Å². The second-order valence-electron chi connectivity index (χ2n) is 5.84.